The molecule has 0 aromatic heterocycles. The van der Waals surface area contributed by atoms with Crippen LogP contribution in [0.25, 0.3) is 0 Å². The summed E-state index contributed by atoms with van der Waals surface area (Å²) in [5.41, 5.74) is 5.84. The SMILES string of the molecule is CS(=O)CCCNS(=O)(=O)c1ccc(N)cc1C#N. The molecule has 0 saturated heterocycles. The van der Waals surface area contributed by atoms with Crippen molar-refractivity contribution in [3.8, 4) is 6.07 Å². The van der Waals surface area contributed by atoms with Crippen LogP contribution in [-0.4, -0.2) is 31.2 Å². The number of sulfonamides is 1. The Morgan fingerprint density at radius 3 is 2.74 bits per heavy atom. The van der Waals surface area contributed by atoms with E-state index in [2.05, 4.69) is 4.72 Å². The van der Waals surface area contributed by atoms with E-state index in [-0.39, 0.29) is 17.0 Å². The number of nitrogens with one attached hydrogen (secondary N) is 1. The van der Waals surface area contributed by atoms with Crippen LogP contribution in [0.5, 0.6) is 0 Å². The average Bonchev–Trinajstić information content (AvgIpc) is 2.34. The number of nitrogens with two attached hydrogens (primary N) is 1. The van der Waals surface area contributed by atoms with Gasteiger partial charge >= 0.3 is 0 Å². The highest BCUT2D eigenvalue weighted by Gasteiger charge is 2.18. The van der Waals surface area contributed by atoms with Gasteiger partial charge in [-0.3, -0.25) is 4.21 Å². The third kappa shape index (κ3) is 4.63. The van der Waals surface area contributed by atoms with E-state index < -0.39 is 20.8 Å². The molecule has 0 heterocycles. The van der Waals surface area contributed by atoms with Crippen molar-refractivity contribution in [2.45, 2.75) is 11.3 Å². The van der Waals surface area contributed by atoms with Crippen molar-refractivity contribution < 1.29 is 12.6 Å². The van der Waals surface area contributed by atoms with Crippen molar-refractivity contribution in [3.05, 3.63) is 23.8 Å². The molecule has 0 saturated carbocycles. The van der Waals surface area contributed by atoms with Gasteiger partial charge in [0.1, 0.15) is 6.07 Å². The van der Waals surface area contributed by atoms with Gasteiger partial charge in [-0.25, -0.2) is 13.1 Å². The lowest BCUT2D eigenvalue weighted by Crippen LogP contribution is -2.26. The number of nitriles is 1. The monoisotopic (exact) mass is 301 g/mol. The second-order valence-electron chi connectivity index (χ2n) is 3.90. The minimum atomic E-state index is -3.74. The fraction of sp³-hybridized carbons (Fsp3) is 0.364. The van der Waals surface area contributed by atoms with Crippen LogP contribution in [0.2, 0.25) is 0 Å². The standard InChI is InChI=1S/C11H15N3O3S2/c1-18(15)6-2-5-14-19(16,17)11-4-3-10(13)7-9(11)8-12/h3-4,7,14H,2,5-6,13H2,1H3. The smallest absolute Gasteiger partial charge is 0.241 e. The predicted molar refractivity (Wildman–Crippen MR) is 74.3 cm³/mol. The molecular weight excluding hydrogens is 286 g/mol. The lowest BCUT2D eigenvalue weighted by atomic mass is 10.2. The van der Waals surface area contributed by atoms with Crippen molar-refractivity contribution in [2.75, 3.05) is 24.3 Å². The van der Waals surface area contributed by atoms with Crippen molar-refractivity contribution in [2.24, 2.45) is 0 Å². The molecule has 6 nitrogen and oxygen atoms in total. The van der Waals surface area contributed by atoms with Crippen LogP contribution in [-0.2, 0) is 20.8 Å². The molecule has 8 heteroatoms. The molecule has 0 aliphatic carbocycles. The molecule has 0 spiro atoms. The highest BCUT2D eigenvalue weighted by molar-refractivity contribution is 7.89. The Kier molecular flexibility index (Phi) is 5.47. The van der Waals surface area contributed by atoms with Gasteiger partial charge in [-0.1, -0.05) is 0 Å². The fourth-order valence-corrected chi connectivity index (χ4v) is 3.19. The number of anilines is 1. The van der Waals surface area contributed by atoms with Crippen molar-refractivity contribution >= 4 is 26.5 Å². The molecule has 3 N–H and O–H groups in total. The van der Waals surface area contributed by atoms with E-state index in [1.807, 2.05) is 0 Å². The van der Waals surface area contributed by atoms with Crippen LogP contribution in [0.15, 0.2) is 23.1 Å². The largest absolute Gasteiger partial charge is 0.399 e. The van der Waals surface area contributed by atoms with Gasteiger partial charge in [0, 0.05) is 35.0 Å². The van der Waals surface area contributed by atoms with Crippen LogP contribution in [0, 0.1) is 11.3 Å². The van der Waals surface area contributed by atoms with Crippen LogP contribution in [0.1, 0.15) is 12.0 Å². The van der Waals surface area contributed by atoms with Crippen LogP contribution in [0.4, 0.5) is 5.69 Å². The molecule has 104 valence electrons. The molecule has 0 radical (unpaired) electrons. The number of hydrogen-bond acceptors (Lipinski definition) is 5. The Labute approximate surface area is 115 Å². The first-order chi connectivity index (χ1) is 8.86. The highest BCUT2D eigenvalue weighted by atomic mass is 32.2. The van der Waals surface area contributed by atoms with Gasteiger partial charge < -0.3 is 5.73 Å². The maximum Gasteiger partial charge on any atom is 0.241 e. The van der Waals surface area contributed by atoms with Gasteiger partial charge in [0.2, 0.25) is 10.0 Å². The van der Waals surface area contributed by atoms with Gasteiger partial charge in [-0.05, 0) is 24.6 Å². The van der Waals surface area contributed by atoms with Crippen molar-refractivity contribution in [1.82, 2.24) is 4.72 Å². The minimum absolute atomic E-state index is 0.00608. The Bertz CT molecular complexity index is 621. The Hall–Kier alpha value is -1.43. The summed E-state index contributed by atoms with van der Waals surface area (Å²) >= 11 is 0. The summed E-state index contributed by atoms with van der Waals surface area (Å²) in [5, 5.41) is 8.91. The Balaban J connectivity index is 2.84. The average molecular weight is 301 g/mol. The van der Waals surface area contributed by atoms with E-state index in [9.17, 15) is 12.6 Å². The number of hydrogen-bond donors (Lipinski definition) is 2. The highest BCUT2D eigenvalue weighted by Crippen LogP contribution is 2.17. The maximum absolute atomic E-state index is 12.0. The normalized spacial score (nSPS) is 12.8. The number of nitrogen functional groups attached to an aromatic ring is 1. The summed E-state index contributed by atoms with van der Waals surface area (Å²) in [4.78, 5) is -0.0955. The molecular formula is C11H15N3O3S2. The second kappa shape index (κ2) is 6.65. The first kappa shape index (κ1) is 15.6. The summed E-state index contributed by atoms with van der Waals surface area (Å²) < 4.78 is 37.2. The fourth-order valence-electron chi connectivity index (χ4n) is 1.43. The summed E-state index contributed by atoms with van der Waals surface area (Å²) in [6.45, 7) is 0.178. The van der Waals surface area contributed by atoms with Crippen LogP contribution < -0.4 is 10.5 Å². The quantitative estimate of drug-likeness (QED) is 0.575. The molecule has 1 aromatic rings. The first-order valence-electron chi connectivity index (χ1n) is 5.46. The predicted octanol–water partition coefficient (Wildman–Crippen LogP) is 0.187. The lowest BCUT2D eigenvalue weighted by molar-refractivity contribution is 0.580. The summed E-state index contributed by atoms with van der Waals surface area (Å²) in [7, 11) is -4.70. The first-order valence-corrected chi connectivity index (χ1v) is 8.67. The number of rotatable bonds is 6. The van der Waals surface area contributed by atoms with E-state index >= 15 is 0 Å². The maximum atomic E-state index is 12.0. The summed E-state index contributed by atoms with van der Waals surface area (Å²) in [6, 6.07) is 5.85. The molecule has 0 aliphatic rings. The molecule has 0 bridgehead atoms. The third-order valence-corrected chi connectivity index (χ3v) is 4.70. The summed E-state index contributed by atoms with van der Waals surface area (Å²) in [5.74, 6) is 0.426. The van der Waals surface area contributed by atoms with E-state index in [0.717, 1.165) is 0 Å². The third-order valence-electron chi connectivity index (χ3n) is 2.31. The molecule has 1 aromatic carbocycles. The zero-order chi connectivity index (χ0) is 14.5. The molecule has 1 atom stereocenters. The zero-order valence-corrected chi connectivity index (χ0v) is 12.1. The van der Waals surface area contributed by atoms with E-state index in [0.29, 0.717) is 17.9 Å². The van der Waals surface area contributed by atoms with Gasteiger partial charge in [-0.2, -0.15) is 5.26 Å². The van der Waals surface area contributed by atoms with Crippen molar-refractivity contribution in [3.63, 3.8) is 0 Å². The number of benzene rings is 1. The topological polar surface area (TPSA) is 113 Å². The Morgan fingerprint density at radius 2 is 2.16 bits per heavy atom. The molecule has 1 rings (SSSR count). The van der Waals surface area contributed by atoms with Gasteiger partial charge in [0.15, 0.2) is 0 Å². The van der Waals surface area contributed by atoms with Gasteiger partial charge in [-0.15, -0.1) is 0 Å². The van der Waals surface area contributed by atoms with Gasteiger partial charge in [0.05, 0.1) is 10.5 Å². The lowest BCUT2D eigenvalue weighted by Gasteiger charge is -2.08. The molecule has 1 unspecified atom stereocenters. The molecule has 0 aliphatic heterocycles. The molecule has 0 fully saturated rings. The van der Waals surface area contributed by atoms with E-state index in [1.54, 1.807) is 12.3 Å². The van der Waals surface area contributed by atoms with Gasteiger partial charge in [0.25, 0.3) is 0 Å². The zero-order valence-electron chi connectivity index (χ0n) is 10.4. The second-order valence-corrected chi connectivity index (χ2v) is 7.19. The van der Waals surface area contributed by atoms with Crippen molar-refractivity contribution in [1.29, 1.82) is 5.26 Å². The van der Waals surface area contributed by atoms with E-state index in [4.69, 9.17) is 11.0 Å². The molecule has 0 amide bonds. The number of nitrogens with zero attached hydrogens (tertiary/aromatic N) is 1. The van der Waals surface area contributed by atoms with Crippen LogP contribution in [0.3, 0.4) is 0 Å². The van der Waals surface area contributed by atoms with E-state index in [1.165, 1.54) is 18.2 Å². The molecule has 19 heavy (non-hydrogen) atoms. The summed E-state index contributed by atoms with van der Waals surface area (Å²) in [6.07, 6.45) is 2.03. The Morgan fingerprint density at radius 1 is 1.47 bits per heavy atom. The minimum Gasteiger partial charge on any atom is -0.399 e. The van der Waals surface area contributed by atoms with Crippen LogP contribution >= 0.6 is 0 Å².